The van der Waals surface area contributed by atoms with Crippen LogP contribution in [0.4, 0.5) is 0 Å². The zero-order valence-corrected chi connectivity index (χ0v) is 12.7. The number of hydrogen-bond acceptors (Lipinski definition) is 2. The summed E-state index contributed by atoms with van der Waals surface area (Å²) in [5.74, 6) is 0. The van der Waals surface area contributed by atoms with Crippen LogP contribution in [0.2, 0.25) is 0 Å². The molecule has 1 aromatic rings. The summed E-state index contributed by atoms with van der Waals surface area (Å²) in [6, 6.07) is 0. The minimum absolute atomic E-state index is 0.132. The maximum absolute atomic E-state index is 4.59. The van der Waals surface area contributed by atoms with Crippen molar-refractivity contribution in [1.82, 2.24) is 15.1 Å². The first kappa shape index (κ1) is 15.0. The minimum Gasteiger partial charge on any atom is -0.308 e. The summed E-state index contributed by atoms with van der Waals surface area (Å²) in [4.78, 5) is 0. The molecule has 0 spiro atoms. The van der Waals surface area contributed by atoms with Crippen LogP contribution in [-0.4, -0.2) is 21.9 Å². The molecule has 0 aromatic carbocycles. The molecule has 0 unspecified atom stereocenters. The molecule has 0 aliphatic rings. The Morgan fingerprint density at radius 3 is 2.39 bits per heavy atom. The quantitative estimate of drug-likeness (QED) is 0.813. The molecule has 0 atom stereocenters. The van der Waals surface area contributed by atoms with E-state index in [0.29, 0.717) is 0 Å². The highest BCUT2D eigenvalue weighted by Gasteiger charge is 2.12. The lowest BCUT2D eigenvalue weighted by Crippen LogP contribution is -2.37. The Kier molecular flexibility index (Phi) is 4.74. The molecule has 0 amide bonds. The van der Waals surface area contributed by atoms with Crippen LogP contribution in [-0.2, 0) is 13.0 Å². The molecule has 0 radical (unpaired) electrons. The number of aryl methyl sites for hydroxylation is 1. The molecule has 0 bridgehead atoms. The molecule has 3 heteroatoms. The third kappa shape index (κ3) is 3.98. The van der Waals surface area contributed by atoms with E-state index in [1.807, 2.05) is 0 Å². The van der Waals surface area contributed by atoms with Crippen LogP contribution in [0.5, 0.6) is 0 Å². The summed E-state index contributed by atoms with van der Waals surface area (Å²) in [6.45, 7) is 18.7. The van der Waals surface area contributed by atoms with Gasteiger partial charge in [-0.15, -0.1) is 0 Å². The van der Waals surface area contributed by atoms with Gasteiger partial charge in [0.05, 0.1) is 12.2 Å². The van der Waals surface area contributed by atoms with Gasteiger partial charge in [-0.3, -0.25) is 4.68 Å². The van der Waals surface area contributed by atoms with Crippen LogP contribution in [0.3, 0.4) is 0 Å². The van der Waals surface area contributed by atoms with Gasteiger partial charge < -0.3 is 5.32 Å². The van der Waals surface area contributed by atoms with E-state index in [1.54, 1.807) is 0 Å². The number of aromatic nitrogens is 2. The molecule has 102 valence electrons. The van der Waals surface area contributed by atoms with Gasteiger partial charge in [-0.1, -0.05) is 13.5 Å². The molecule has 18 heavy (non-hydrogen) atoms. The maximum atomic E-state index is 4.59. The van der Waals surface area contributed by atoms with Crippen LogP contribution in [0, 0.1) is 13.8 Å². The van der Waals surface area contributed by atoms with Crippen molar-refractivity contribution in [2.75, 3.05) is 6.54 Å². The van der Waals surface area contributed by atoms with Crippen molar-refractivity contribution < 1.29 is 0 Å². The first-order valence-corrected chi connectivity index (χ1v) is 6.69. The summed E-state index contributed by atoms with van der Waals surface area (Å²) in [6.07, 6.45) is 1.05. The van der Waals surface area contributed by atoms with Gasteiger partial charge in [-0.25, -0.2) is 0 Å². The highest BCUT2D eigenvalue weighted by Crippen LogP contribution is 2.14. The van der Waals surface area contributed by atoms with Crippen molar-refractivity contribution in [1.29, 1.82) is 0 Å². The normalized spacial score (nSPS) is 11.9. The summed E-state index contributed by atoms with van der Waals surface area (Å²) in [7, 11) is 0. The van der Waals surface area contributed by atoms with E-state index in [4.69, 9.17) is 0 Å². The van der Waals surface area contributed by atoms with Crippen molar-refractivity contribution >= 4 is 0 Å². The van der Waals surface area contributed by atoms with Gasteiger partial charge in [-0.05, 0) is 52.2 Å². The fourth-order valence-corrected chi connectivity index (χ4v) is 2.06. The second kappa shape index (κ2) is 5.70. The number of nitrogens with one attached hydrogen (secondary N) is 1. The van der Waals surface area contributed by atoms with E-state index in [2.05, 4.69) is 63.2 Å². The summed E-state index contributed by atoms with van der Waals surface area (Å²) in [5, 5.41) is 8.05. The molecular weight excluding hydrogens is 222 g/mol. The monoisotopic (exact) mass is 249 g/mol. The van der Waals surface area contributed by atoms with Crippen molar-refractivity contribution in [3.8, 4) is 0 Å². The smallest absolute Gasteiger partial charge is 0.0632 e. The van der Waals surface area contributed by atoms with E-state index in [0.717, 1.165) is 30.8 Å². The lowest BCUT2D eigenvalue weighted by Gasteiger charge is -2.21. The molecule has 1 aromatic heterocycles. The Balaban J connectivity index is 2.65. The Morgan fingerprint density at radius 2 is 1.94 bits per heavy atom. The van der Waals surface area contributed by atoms with Gasteiger partial charge in [0.2, 0.25) is 0 Å². The molecule has 0 aliphatic carbocycles. The van der Waals surface area contributed by atoms with Crippen LogP contribution >= 0.6 is 0 Å². The highest BCUT2D eigenvalue weighted by atomic mass is 15.3. The molecule has 0 aliphatic heterocycles. The van der Waals surface area contributed by atoms with Gasteiger partial charge in [0.1, 0.15) is 0 Å². The summed E-state index contributed by atoms with van der Waals surface area (Å²) < 4.78 is 2.07. The molecule has 0 saturated carbocycles. The largest absolute Gasteiger partial charge is 0.308 e. The zero-order chi connectivity index (χ0) is 13.9. The zero-order valence-electron chi connectivity index (χ0n) is 12.7. The Morgan fingerprint density at radius 1 is 1.33 bits per heavy atom. The lowest BCUT2D eigenvalue weighted by molar-refractivity contribution is 0.438. The van der Waals surface area contributed by atoms with E-state index >= 15 is 0 Å². The predicted octanol–water partition coefficient (Wildman–Crippen LogP) is 3.01. The fourth-order valence-electron chi connectivity index (χ4n) is 2.06. The van der Waals surface area contributed by atoms with Crippen LogP contribution in [0.15, 0.2) is 12.2 Å². The van der Waals surface area contributed by atoms with Crippen molar-refractivity contribution in [3.63, 3.8) is 0 Å². The number of hydrogen-bond donors (Lipinski definition) is 1. The second-order valence-electron chi connectivity index (χ2n) is 6.01. The highest BCUT2D eigenvalue weighted by molar-refractivity contribution is 5.24. The van der Waals surface area contributed by atoms with Crippen molar-refractivity contribution in [2.45, 2.75) is 60.0 Å². The average molecular weight is 249 g/mol. The predicted molar refractivity (Wildman–Crippen MR) is 78.0 cm³/mol. The average Bonchev–Trinajstić information content (AvgIpc) is 2.50. The fraction of sp³-hybridized carbons (Fsp3) is 0.667. The SMILES string of the molecule is C=C(CNC(C)(C)C)Cn1nc(C)c(CC)c1C. The second-order valence-corrected chi connectivity index (χ2v) is 6.01. The topological polar surface area (TPSA) is 29.9 Å². The Labute approximate surface area is 111 Å². The van der Waals surface area contributed by atoms with Gasteiger partial charge >= 0.3 is 0 Å². The van der Waals surface area contributed by atoms with E-state index in [-0.39, 0.29) is 5.54 Å². The molecule has 3 nitrogen and oxygen atoms in total. The van der Waals surface area contributed by atoms with E-state index in [1.165, 1.54) is 11.3 Å². The van der Waals surface area contributed by atoms with Crippen LogP contribution in [0.25, 0.3) is 0 Å². The Hall–Kier alpha value is -1.09. The first-order valence-electron chi connectivity index (χ1n) is 6.69. The molecule has 1 N–H and O–H groups in total. The first-order chi connectivity index (χ1) is 8.24. The van der Waals surface area contributed by atoms with Crippen molar-refractivity contribution in [3.05, 3.63) is 29.1 Å². The standard InChI is InChI=1S/C15H27N3/c1-8-14-12(3)17-18(13(14)4)10-11(2)9-16-15(5,6)7/h16H,2,8-10H2,1,3-7H3. The molecule has 1 heterocycles. The molecule has 1 rings (SSSR count). The van der Waals surface area contributed by atoms with E-state index in [9.17, 15) is 0 Å². The summed E-state index contributed by atoms with van der Waals surface area (Å²) >= 11 is 0. The van der Waals surface area contributed by atoms with Crippen molar-refractivity contribution in [2.24, 2.45) is 0 Å². The molecule has 0 fully saturated rings. The lowest BCUT2D eigenvalue weighted by atomic mass is 10.1. The van der Waals surface area contributed by atoms with Gasteiger partial charge in [-0.2, -0.15) is 5.10 Å². The minimum atomic E-state index is 0.132. The third-order valence-electron chi connectivity index (χ3n) is 3.13. The summed E-state index contributed by atoms with van der Waals surface area (Å²) in [5.41, 5.74) is 5.08. The van der Waals surface area contributed by atoms with Gasteiger partial charge in [0.15, 0.2) is 0 Å². The van der Waals surface area contributed by atoms with Gasteiger partial charge in [0, 0.05) is 17.8 Å². The third-order valence-corrected chi connectivity index (χ3v) is 3.13. The van der Waals surface area contributed by atoms with Crippen LogP contribution < -0.4 is 5.32 Å². The Bertz CT molecular complexity index is 422. The number of nitrogens with zero attached hydrogens (tertiary/aromatic N) is 2. The van der Waals surface area contributed by atoms with E-state index < -0.39 is 0 Å². The molecular formula is C15H27N3. The number of rotatable bonds is 5. The van der Waals surface area contributed by atoms with Crippen LogP contribution in [0.1, 0.15) is 44.6 Å². The van der Waals surface area contributed by atoms with Gasteiger partial charge in [0.25, 0.3) is 0 Å². The maximum Gasteiger partial charge on any atom is 0.0632 e. The molecule has 0 saturated heterocycles.